The standard InChI is InChI=1S/C23H20N4O4S/c1-2-26-22(29)15-7-3-4-8-16(15)24-23(26)32-14-21(28)27-18(20-10-6-12-31-20)13-17(25-27)19-9-5-11-30-19/h3-12,18H,2,13-14H2,1H3. The molecule has 0 fully saturated rings. The molecular formula is C23H20N4O4S. The molecule has 0 saturated heterocycles. The molecule has 1 amide bonds. The molecule has 1 aliphatic rings. The molecule has 162 valence electrons. The van der Waals surface area contributed by atoms with Crippen molar-refractivity contribution in [3.8, 4) is 0 Å². The van der Waals surface area contributed by atoms with Gasteiger partial charge in [-0.2, -0.15) is 5.10 Å². The third kappa shape index (κ3) is 3.64. The van der Waals surface area contributed by atoms with Crippen molar-refractivity contribution in [2.45, 2.75) is 31.1 Å². The second-order valence-electron chi connectivity index (χ2n) is 7.25. The average molecular weight is 449 g/mol. The Labute approximate surface area is 187 Å². The van der Waals surface area contributed by atoms with Gasteiger partial charge < -0.3 is 8.83 Å². The maximum atomic E-state index is 13.2. The molecule has 0 N–H and O–H groups in total. The van der Waals surface area contributed by atoms with E-state index < -0.39 is 0 Å². The Bertz CT molecular complexity index is 1340. The number of rotatable bonds is 6. The number of fused-ring (bicyclic) bond motifs is 1. The summed E-state index contributed by atoms with van der Waals surface area (Å²) in [6, 6.07) is 14.1. The third-order valence-corrected chi connectivity index (χ3v) is 6.27. The minimum Gasteiger partial charge on any atom is -0.467 e. The SMILES string of the molecule is CCn1c(SCC(=O)N2N=C(c3ccco3)CC2c2ccco2)nc2ccccc2c1=O. The van der Waals surface area contributed by atoms with Crippen LogP contribution in [0.2, 0.25) is 0 Å². The lowest BCUT2D eigenvalue weighted by Gasteiger charge is -2.20. The van der Waals surface area contributed by atoms with Crippen LogP contribution in [0.5, 0.6) is 0 Å². The van der Waals surface area contributed by atoms with Gasteiger partial charge in [0.25, 0.3) is 11.5 Å². The highest BCUT2D eigenvalue weighted by molar-refractivity contribution is 7.99. The maximum Gasteiger partial charge on any atom is 0.262 e. The molecule has 1 aromatic carbocycles. The molecule has 0 bridgehead atoms. The number of carbonyl (C=O) groups excluding carboxylic acids is 1. The zero-order valence-corrected chi connectivity index (χ0v) is 18.1. The Kier molecular flexibility index (Phi) is 5.40. The number of amides is 1. The van der Waals surface area contributed by atoms with E-state index in [1.54, 1.807) is 41.4 Å². The van der Waals surface area contributed by atoms with Crippen LogP contribution < -0.4 is 5.56 Å². The predicted octanol–water partition coefficient (Wildman–Crippen LogP) is 4.07. The summed E-state index contributed by atoms with van der Waals surface area (Å²) in [6.07, 6.45) is 3.65. The van der Waals surface area contributed by atoms with E-state index in [-0.39, 0.29) is 23.3 Å². The summed E-state index contributed by atoms with van der Waals surface area (Å²) in [5.74, 6) is 1.16. The van der Waals surface area contributed by atoms with E-state index in [1.807, 2.05) is 31.2 Å². The highest BCUT2D eigenvalue weighted by atomic mass is 32.2. The van der Waals surface area contributed by atoms with E-state index in [4.69, 9.17) is 8.83 Å². The van der Waals surface area contributed by atoms with Gasteiger partial charge in [0.1, 0.15) is 23.3 Å². The summed E-state index contributed by atoms with van der Waals surface area (Å²) >= 11 is 1.23. The van der Waals surface area contributed by atoms with Crippen LogP contribution in [0.1, 0.15) is 30.9 Å². The lowest BCUT2D eigenvalue weighted by molar-refractivity contribution is -0.130. The fraction of sp³-hybridized carbons (Fsp3) is 0.217. The van der Waals surface area contributed by atoms with Gasteiger partial charge in [0.05, 0.1) is 29.2 Å². The van der Waals surface area contributed by atoms with E-state index in [0.717, 1.165) is 0 Å². The van der Waals surface area contributed by atoms with Gasteiger partial charge in [-0.05, 0) is 43.3 Å². The molecule has 9 heteroatoms. The van der Waals surface area contributed by atoms with Gasteiger partial charge in [-0.15, -0.1) is 0 Å². The normalized spacial score (nSPS) is 16.0. The minimum atomic E-state index is -0.351. The van der Waals surface area contributed by atoms with Crippen molar-refractivity contribution in [3.05, 3.63) is 82.9 Å². The highest BCUT2D eigenvalue weighted by Crippen LogP contribution is 2.34. The van der Waals surface area contributed by atoms with Crippen molar-refractivity contribution in [3.63, 3.8) is 0 Å². The Morgan fingerprint density at radius 3 is 2.69 bits per heavy atom. The number of nitrogens with zero attached hydrogens (tertiary/aromatic N) is 4. The van der Waals surface area contributed by atoms with Gasteiger partial charge >= 0.3 is 0 Å². The van der Waals surface area contributed by atoms with Crippen molar-refractivity contribution in [1.82, 2.24) is 14.6 Å². The van der Waals surface area contributed by atoms with Crippen LogP contribution in [0.25, 0.3) is 10.9 Å². The maximum absolute atomic E-state index is 13.2. The molecule has 4 heterocycles. The Hall–Kier alpha value is -3.59. The van der Waals surface area contributed by atoms with Crippen LogP contribution in [-0.2, 0) is 11.3 Å². The first kappa shape index (κ1) is 20.3. The summed E-state index contributed by atoms with van der Waals surface area (Å²) in [7, 11) is 0. The lowest BCUT2D eigenvalue weighted by atomic mass is 10.1. The monoisotopic (exact) mass is 448 g/mol. The van der Waals surface area contributed by atoms with E-state index in [9.17, 15) is 9.59 Å². The Morgan fingerprint density at radius 1 is 1.12 bits per heavy atom. The molecule has 0 saturated carbocycles. The summed E-state index contributed by atoms with van der Waals surface area (Å²) in [6.45, 7) is 2.35. The predicted molar refractivity (Wildman–Crippen MR) is 121 cm³/mol. The number of hydrogen-bond donors (Lipinski definition) is 0. The highest BCUT2D eigenvalue weighted by Gasteiger charge is 2.35. The van der Waals surface area contributed by atoms with Crippen molar-refractivity contribution < 1.29 is 13.6 Å². The number of carbonyl (C=O) groups is 1. The fourth-order valence-corrected chi connectivity index (χ4v) is 4.68. The van der Waals surface area contributed by atoms with Crippen molar-refractivity contribution >= 4 is 34.3 Å². The van der Waals surface area contributed by atoms with Crippen LogP contribution in [-0.4, -0.2) is 31.9 Å². The van der Waals surface area contributed by atoms with Crippen molar-refractivity contribution in [2.24, 2.45) is 5.10 Å². The van der Waals surface area contributed by atoms with Gasteiger partial charge in [-0.1, -0.05) is 23.9 Å². The van der Waals surface area contributed by atoms with Gasteiger partial charge in [-0.25, -0.2) is 9.99 Å². The minimum absolute atomic E-state index is 0.0803. The quantitative estimate of drug-likeness (QED) is 0.326. The third-order valence-electron chi connectivity index (χ3n) is 5.31. The number of hydrazone groups is 1. The molecule has 4 aromatic rings. The van der Waals surface area contributed by atoms with Gasteiger partial charge in [-0.3, -0.25) is 14.2 Å². The summed E-state index contributed by atoms with van der Waals surface area (Å²) in [4.78, 5) is 30.6. The molecule has 1 unspecified atom stereocenters. The first-order valence-corrected chi connectivity index (χ1v) is 11.2. The molecule has 1 atom stereocenters. The number of para-hydroxylation sites is 1. The first-order chi connectivity index (χ1) is 15.7. The topological polar surface area (TPSA) is 93.8 Å². The van der Waals surface area contributed by atoms with Gasteiger partial charge in [0, 0.05) is 13.0 Å². The van der Waals surface area contributed by atoms with Crippen LogP contribution in [0.15, 0.2) is 84.9 Å². The molecule has 32 heavy (non-hydrogen) atoms. The van der Waals surface area contributed by atoms with Crippen molar-refractivity contribution in [1.29, 1.82) is 0 Å². The van der Waals surface area contributed by atoms with Crippen molar-refractivity contribution in [2.75, 3.05) is 5.75 Å². The van der Waals surface area contributed by atoms with E-state index >= 15 is 0 Å². The van der Waals surface area contributed by atoms with Crippen LogP contribution >= 0.6 is 11.8 Å². The van der Waals surface area contributed by atoms with Crippen LogP contribution in [0.3, 0.4) is 0 Å². The summed E-state index contributed by atoms with van der Waals surface area (Å²) in [5, 5.41) is 7.05. The molecular weight excluding hydrogens is 428 g/mol. The second-order valence-corrected chi connectivity index (χ2v) is 8.19. The fourth-order valence-electron chi connectivity index (χ4n) is 3.76. The first-order valence-electron chi connectivity index (χ1n) is 10.2. The molecule has 3 aromatic heterocycles. The van der Waals surface area contributed by atoms with E-state index in [1.165, 1.54) is 16.8 Å². The number of furan rings is 2. The van der Waals surface area contributed by atoms with Crippen LogP contribution in [0.4, 0.5) is 0 Å². The summed E-state index contributed by atoms with van der Waals surface area (Å²) in [5.41, 5.74) is 1.19. The van der Waals surface area contributed by atoms with E-state index in [0.29, 0.717) is 46.3 Å². The number of benzene rings is 1. The molecule has 0 radical (unpaired) electrons. The zero-order chi connectivity index (χ0) is 22.1. The molecule has 8 nitrogen and oxygen atoms in total. The number of hydrogen-bond acceptors (Lipinski definition) is 7. The second kappa shape index (κ2) is 8.51. The van der Waals surface area contributed by atoms with Gasteiger partial charge in [0.2, 0.25) is 0 Å². The Morgan fingerprint density at radius 2 is 1.94 bits per heavy atom. The molecule has 0 aliphatic carbocycles. The summed E-state index contributed by atoms with van der Waals surface area (Å²) < 4.78 is 12.6. The molecule has 1 aliphatic heterocycles. The Balaban J connectivity index is 1.42. The molecule has 5 rings (SSSR count). The smallest absolute Gasteiger partial charge is 0.262 e. The largest absolute Gasteiger partial charge is 0.467 e. The van der Waals surface area contributed by atoms with E-state index in [2.05, 4.69) is 10.1 Å². The molecule has 0 spiro atoms. The number of thioether (sulfide) groups is 1. The van der Waals surface area contributed by atoms with Crippen LogP contribution in [0, 0.1) is 0 Å². The average Bonchev–Trinajstić information content (AvgIpc) is 3.58. The number of aromatic nitrogens is 2. The lowest BCUT2D eigenvalue weighted by Crippen LogP contribution is -2.29. The zero-order valence-electron chi connectivity index (χ0n) is 17.3. The van der Waals surface area contributed by atoms with Gasteiger partial charge in [0.15, 0.2) is 5.16 Å².